The van der Waals surface area contributed by atoms with Crippen LogP contribution in [0.3, 0.4) is 0 Å². The fraction of sp³-hybridized carbons (Fsp3) is 0.500. The number of hydrogen-bond acceptors (Lipinski definition) is 2. The third kappa shape index (κ3) is 3.48. The average Bonchev–Trinajstić information content (AvgIpc) is 2.15. The van der Waals surface area contributed by atoms with Crippen LogP contribution in [0.25, 0.3) is 0 Å². The van der Waals surface area contributed by atoms with Gasteiger partial charge >= 0.3 is 0 Å². The maximum atomic E-state index is 5.42. The van der Waals surface area contributed by atoms with Crippen LogP contribution >= 0.6 is 0 Å². The van der Waals surface area contributed by atoms with Gasteiger partial charge in [0.05, 0.1) is 0 Å². The Morgan fingerprint density at radius 3 is 2.71 bits per heavy atom. The molecule has 1 aromatic carbocycles. The van der Waals surface area contributed by atoms with Gasteiger partial charge in [-0.1, -0.05) is 23.8 Å². The quantitative estimate of drug-likeness (QED) is 0.697. The van der Waals surface area contributed by atoms with Crippen LogP contribution in [0.5, 0.6) is 0 Å². The van der Waals surface area contributed by atoms with E-state index in [1.165, 1.54) is 16.7 Å². The maximum absolute atomic E-state index is 5.42. The Morgan fingerprint density at radius 1 is 1.29 bits per heavy atom. The molecule has 1 rings (SSSR count). The lowest BCUT2D eigenvalue weighted by molar-refractivity contribution is 0.653. The third-order valence-corrected chi connectivity index (χ3v) is 2.37. The van der Waals surface area contributed by atoms with Crippen molar-refractivity contribution in [1.29, 1.82) is 0 Å². The smallest absolute Gasteiger partial charge is 0.0208 e. The fourth-order valence-corrected chi connectivity index (χ4v) is 1.49. The lowest BCUT2D eigenvalue weighted by Gasteiger charge is -2.07. The van der Waals surface area contributed by atoms with Crippen LogP contribution in [0.4, 0.5) is 0 Å². The van der Waals surface area contributed by atoms with Gasteiger partial charge < -0.3 is 11.1 Å². The van der Waals surface area contributed by atoms with Gasteiger partial charge in [-0.3, -0.25) is 0 Å². The topological polar surface area (TPSA) is 38.0 Å². The molecule has 2 heteroatoms. The molecule has 0 heterocycles. The van der Waals surface area contributed by atoms with Crippen LogP contribution in [-0.4, -0.2) is 13.1 Å². The number of hydrogen-bond donors (Lipinski definition) is 2. The number of rotatable bonds is 5. The van der Waals surface area contributed by atoms with E-state index in [1.54, 1.807) is 0 Å². The summed E-state index contributed by atoms with van der Waals surface area (Å²) in [5, 5.41) is 3.38. The van der Waals surface area contributed by atoms with Gasteiger partial charge in [0.15, 0.2) is 0 Å². The van der Waals surface area contributed by atoms with Gasteiger partial charge in [0, 0.05) is 6.54 Å². The molecule has 14 heavy (non-hydrogen) atoms. The zero-order chi connectivity index (χ0) is 10.4. The highest BCUT2D eigenvalue weighted by molar-refractivity contribution is 5.30. The Balaban J connectivity index is 2.42. The molecule has 0 saturated carbocycles. The first-order valence-electron chi connectivity index (χ1n) is 5.21. The lowest BCUT2D eigenvalue weighted by atomic mass is 10.1. The van der Waals surface area contributed by atoms with Crippen molar-refractivity contribution >= 4 is 0 Å². The zero-order valence-corrected chi connectivity index (χ0v) is 9.14. The molecular formula is C12H20N2. The second kappa shape index (κ2) is 5.78. The fourth-order valence-electron chi connectivity index (χ4n) is 1.49. The highest BCUT2D eigenvalue weighted by atomic mass is 14.8. The molecule has 0 aromatic heterocycles. The molecule has 0 aliphatic rings. The molecule has 0 atom stereocenters. The molecule has 0 fully saturated rings. The number of nitrogens with two attached hydrogens (primary N) is 1. The second-order valence-electron chi connectivity index (χ2n) is 3.75. The van der Waals surface area contributed by atoms with Gasteiger partial charge in [-0.2, -0.15) is 0 Å². The predicted octanol–water partition coefficient (Wildman–Crippen LogP) is 1.74. The van der Waals surface area contributed by atoms with Gasteiger partial charge in [0.2, 0.25) is 0 Å². The summed E-state index contributed by atoms with van der Waals surface area (Å²) in [7, 11) is 0. The SMILES string of the molecule is Cc1ccc(CNCCCN)c(C)c1. The van der Waals surface area contributed by atoms with Gasteiger partial charge in [0.25, 0.3) is 0 Å². The Bertz CT molecular complexity index is 282. The van der Waals surface area contributed by atoms with Gasteiger partial charge in [-0.15, -0.1) is 0 Å². The summed E-state index contributed by atoms with van der Waals surface area (Å²) in [6.07, 6.45) is 1.05. The van der Waals surface area contributed by atoms with Crippen LogP contribution in [-0.2, 0) is 6.54 Å². The molecular weight excluding hydrogens is 172 g/mol. The van der Waals surface area contributed by atoms with E-state index >= 15 is 0 Å². The predicted molar refractivity (Wildman–Crippen MR) is 61.3 cm³/mol. The van der Waals surface area contributed by atoms with Crippen molar-refractivity contribution in [2.24, 2.45) is 5.73 Å². The van der Waals surface area contributed by atoms with E-state index in [9.17, 15) is 0 Å². The second-order valence-corrected chi connectivity index (χ2v) is 3.75. The third-order valence-electron chi connectivity index (χ3n) is 2.37. The molecule has 0 bridgehead atoms. The number of aryl methyl sites for hydroxylation is 2. The van der Waals surface area contributed by atoms with E-state index in [1.807, 2.05) is 0 Å². The van der Waals surface area contributed by atoms with Crippen molar-refractivity contribution in [3.05, 3.63) is 34.9 Å². The normalized spacial score (nSPS) is 10.5. The average molecular weight is 192 g/mol. The Morgan fingerprint density at radius 2 is 2.07 bits per heavy atom. The summed E-state index contributed by atoms with van der Waals surface area (Å²) in [6.45, 7) is 7.00. The van der Waals surface area contributed by atoms with Crippen molar-refractivity contribution in [3.63, 3.8) is 0 Å². The molecule has 0 unspecified atom stereocenters. The molecule has 0 amide bonds. The molecule has 0 saturated heterocycles. The molecule has 1 aromatic rings. The molecule has 0 aliphatic heterocycles. The van der Waals surface area contributed by atoms with Gasteiger partial charge in [-0.25, -0.2) is 0 Å². The molecule has 0 radical (unpaired) electrons. The highest BCUT2D eigenvalue weighted by Gasteiger charge is 1.97. The minimum atomic E-state index is 0.764. The van der Waals surface area contributed by atoms with Crippen LogP contribution in [0, 0.1) is 13.8 Å². The van der Waals surface area contributed by atoms with Gasteiger partial charge in [0.1, 0.15) is 0 Å². The van der Waals surface area contributed by atoms with Crippen LogP contribution in [0.2, 0.25) is 0 Å². The van der Waals surface area contributed by atoms with E-state index in [4.69, 9.17) is 5.73 Å². The molecule has 0 aliphatic carbocycles. The van der Waals surface area contributed by atoms with Crippen molar-refractivity contribution in [2.45, 2.75) is 26.8 Å². The van der Waals surface area contributed by atoms with E-state index in [2.05, 4.69) is 37.4 Å². The Labute approximate surface area is 86.5 Å². The van der Waals surface area contributed by atoms with Crippen molar-refractivity contribution in [3.8, 4) is 0 Å². The summed E-state index contributed by atoms with van der Waals surface area (Å²) in [5.74, 6) is 0. The number of nitrogens with one attached hydrogen (secondary N) is 1. The maximum Gasteiger partial charge on any atom is 0.0208 e. The van der Waals surface area contributed by atoms with Crippen LogP contribution < -0.4 is 11.1 Å². The summed E-state index contributed by atoms with van der Waals surface area (Å²) in [6, 6.07) is 6.58. The first-order valence-corrected chi connectivity index (χ1v) is 5.21. The number of benzene rings is 1. The molecule has 78 valence electrons. The van der Waals surface area contributed by atoms with Gasteiger partial charge in [-0.05, 0) is 44.5 Å². The van der Waals surface area contributed by atoms with E-state index in [0.717, 1.165) is 26.1 Å². The zero-order valence-electron chi connectivity index (χ0n) is 9.14. The Kier molecular flexibility index (Phi) is 4.63. The molecule has 0 spiro atoms. The molecule has 2 nitrogen and oxygen atoms in total. The minimum Gasteiger partial charge on any atom is -0.330 e. The first kappa shape index (κ1) is 11.2. The van der Waals surface area contributed by atoms with Crippen LogP contribution in [0.15, 0.2) is 18.2 Å². The standard InChI is InChI=1S/C12H20N2/c1-10-4-5-12(11(2)8-10)9-14-7-3-6-13/h4-5,8,14H,3,6-7,9,13H2,1-2H3. The largest absolute Gasteiger partial charge is 0.330 e. The van der Waals surface area contributed by atoms with E-state index in [0.29, 0.717) is 0 Å². The summed E-state index contributed by atoms with van der Waals surface area (Å²) in [5.41, 5.74) is 9.49. The molecule has 3 N–H and O–H groups in total. The van der Waals surface area contributed by atoms with Crippen molar-refractivity contribution in [1.82, 2.24) is 5.32 Å². The van der Waals surface area contributed by atoms with E-state index < -0.39 is 0 Å². The first-order chi connectivity index (χ1) is 6.74. The van der Waals surface area contributed by atoms with Crippen LogP contribution in [0.1, 0.15) is 23.1 Å². The highest BCUT2D eigenvalue weighted by Crippen LogP contribution is 2.09. The lowest BCUT2D eigenvalue weighted by Crippen LogP contribution is -2.18. The van der Waals surface area contributed by atoms with Crippen molar-refractivity contribution in [2.75, 3.05) is 13.1 Å². The van der Waals surface area contributed by atoms with Crippen molar-refractivity contribution < 1.29 is 0 Å². The monoisotopic (exact) mass is 192 g/mol. The Hall–Kier alpha value is -0.860. The summed E-state index contributed by atoms with van der Waals surface area (Å²) >= 11 is 0. The minimum absolute atomic E-state index is 0.764. The van der Waals surface area contributed by atoms with E-state index in [-0.39, 0.29) is 0 Å². The summed E-state index contributed by atoms with van der Waals surface area (Å²) in [4.78, 5) is 0. The summed E-state index contributed by atoms with van der Waals surface area (Å²) < 4.78 is 0.